The van der Waals surface area contributed by atoms with E-state index in [0.717, 1.165) is 4.90 Å². The SMILES string of the molecule is O=C(CC[C@H](NC(=O)CN(CC(=O)NCCCCCC(=O)ON1C(=O)CCC1=O)CC(=O)N[C@@H](CCC(=O)NCCO[C@H]1O[C@H](CO)[C@@H](O)[C@H](O)[C@@H]1O)C(=O)NCCO[C@H]1O[C@H](CO)[C@@H](O)[C@H](O)[C@@H]1O)C(=O)NCCO[C@H]1O[C@H](CO)[C@@H](O)[C@H](O)[C@@H]1O)NCCO[C@H]1O[C@H](CO)[C@@H](O)[C@H](O)[C@@H]1O. The van der Waals surface area contributed by atoms with E-state index in [1.165, 1.54) is 0 Å². The highest BCUT2D eigenvalue weighted by Gasteiger charge is 2.48. The molecule has 584 valence electrons. The highest BCUT2D eigenvalue weighted by molar-refractivity contribution is 6.01. The molecule has 23 N–H and O–H groups in total. The second kappa shape index (κ2) is 44.0. The van der Waals surface area contributed by atoms with Crippen LogP contribution in [-0.2, 0) is 90.7 Å². The number of unbranched alkanes of at least 4 members (excludes halogenated alkanes) is 2. The summed E-state index contributed by atoms with van der Waals surface area (Å²) in [5.41, 5.74) is 0. The van der Waals surface area contributed by atoms with E-state index in [4.69, 9.17) is 42.7 Å². The maximum absolute atomic E-state index is 14.2. The zero-order chi connectivity index (χ0) is 75.3. The van der Waals surface area contributed by atoms with Gasteiger partial charge in [-0.05, 0) is 25.7 Å². The normalized spacial score (nSPS) is 31.0. The van der Waals surface area contributed by atoms with E-state index in [1.807, 2.05) is 0 Å². The number of hydrogen-bond acceptors (Lipinski definition) is 36. The van der Waals surface area contributed by atoms with Crippen LogP contribution in [0.1, 0.15) is 64.2 Å². The Morgan fingerprint density at radius 2 is 0.706 bits per heavy atom. The highest BCUT2D eigenvalue weighted by atomic mass is 16.7. The van der Waals surface area contributed by atoms with Crippen LogP contribution in [0.2, 0.25) is 0 Å². The molecule has 5 heterocycles. The summed E-state index contributed by atoms with van der Waals surface area (Å²) in [6, 6.07) is -3.27. The van der Waals surface area contributed by atoms with Crippen molar-refractivity contribution in [3.8, 4) is 0 Å². The quantitative estimate of drug-likeness (QED) is 0.0199. The molecule has 22 atom stereocenters. The first kappa shape index (κ1) is 86.5. The molecule has 0 bridgehead atoms. The molecule has 5 aliphatic rings. The van der Waals surface area contributed by atoms with Crippen LogP contribution in [-0.4, -0.2) is 391 Å². The third-order valence-electron chi connectivity index (χ3n) is 16.5. The summed E-state index contributed by atoms with van der Waals surface area (Å²) < 4.78 is 42.9. The molecule has 0 spiro atoms. The minimum atomic E-state index is -1.82. The number of imide groups is 1. The van der Waals surface area contributed by atoms with Crippen LogP contribution >= 0.6 is 0 Å². The van der Waals surface area contributed by atoms with Gasteiger partial charge >= 0.3 is 5.97 Å². The Labute approximate surface area is 581 Å². The molecule has 0 aliphatic carbocycles. The van der Waals surface area contributed by atoms with Crippen molar-refractivity contribution in [1.82, 2.24) is 47.2 Å². The number of nitrogens with zero attached hydrogens (tertiary/aromatic N) is 2. The Bertz CT molecular complexity index is 2520. The number of rotatable bonds is 43. The zero-order valence-electron chi connectivity index (χ0n) is 55.4. The molecular formula is C58H97N9O35. The monoisotopic (exact) mass is 1480 g/mol. The first-order valence-corrected chi connectivity index (χ1v) is 33.0. The third kappa shape index (κ3) is 26.8. The van der Waals surface area contributed by atoms with Crippen LogP contribution in [0.25, 0.3) is 0 Å². The average molecular weight is 1480 g/mol. The van der Waals surface area contributed by atoms with Gasteiger partial charge in [0.25, 0.3) is 11.8 Å². The first-order chi connectivity index (χ1) is 48.5. The standard InChI is InChI=1S/C58H97N9O35/c68-23-29-41(80)45(84)49(88)55(98-29)94-16-12-60-33(72)7-5-27(53(92)62-14-18-96-57-51(90)47(86)43(82)31(25-70)100-57)64-36(75)21-66(20-35(74)59-11-3-1-2-4-40(79)102-67-38(77)9-10-39(67)78)22-37(76)65-28(54(93)63-15-19-97-58-52(91)48(87)44(83)32(26-71)101-58)6-8-34(73)61-13-17-95-56-50(89)46(85)42(81)30(24-69)99-56/h27-32,41-52,55-58,68-71,80-91H,1-26H2,(H,59,74)(H,60,72)(H,61,73)(H,62,92)(H,63,93)(H,64,75)(H,65,76)/t27-,28-,29+,30+,31+,32+,41+,42+,43+,44+,45-,46-,47-,48-,49-,50-,51-,52-,55-,56-,57-,58-/m0/s1. The van der Waals surface area contributed by atoms with Gasteiger partial charge in [-0.1, -0.05) is 6.42 Å². The van der Waals surface area contributed by atoms with E-state index < -0.39 is 292 Å². The second-order valence-corrected chi connectivity index (χ2v) is 24.2. The molecule has 0 radical (unpaired) electrons. The molecule has 0 aromatic rings. The van der Waals surface area contributed by atoms with Crippen LogP contribution in [0.5, 0.6) is 0 Å². The topological polar surface area (TPSA) is 668 Å². The van der Waals surface area contributed by atoms with Crippen molar-refractivity contribution < 1.29 is 172 Å². The number of hydroxylamine groups is 2. The molecule has 0 aromatic carbocycles. The molecule has 5 rings (SSSR count). The minimum Gasteiger partial charge on any atom is -0.394 e. The fourth-order valence-electron chi connectivity index (χ4n) is 10.7. The summed E-state index contributed by atoms with van der Waals surface area (Å²) in [7, 11) is 0. The molecule has 5 aliphatic heterocycles. The fraction of sp³-hybridized carbons (Fsp3) is 0.828. The average Bonchev–Trinajstić information content (AvgIpc) is 1.03. The summed E-state index contributed by atoms with van der Waals surface area (Å²) in [6.45, 7) is -8.81. The van der Waals surface area contributed by atoms with Gasteiger partial charge in [0.05, 0.1) is 72.5 Å². The Hall–Kier alpha value is -6.10. The van der Waals surface area contributed by atoms with Crippen LogP contribution in [0.15, 0.2) is 0 Å². The summed E-state index contributed by atoms with van der Waals surface area (Å²) in [6.07, 6.45) is -34.6. The van der Waals surface area contributed by atoms with E-state index in [-0.39, 0.29) is 65.0 Å². The molecule has 0 unspecified atom stereocenters. The van der Waals surface area contributed by atoms with Crippen molar-refractivity contribution in [2.75, 3.05) is 105 Å². The number of ether oxygens (including phenoxy) is 8. The van der Waals surface area contributed by atoms with Gasteiger partial charge in [0.1, 0.15) is 110 Å². The van der Waals surface area contributed by atoms with Crippen LogP contribution < -0.4 is 37.2 Å². The van der Waals surface area contributed by atoms with Crippen molar-refractivity contribution >= 4 is 59.1 Å². The number of hydrogen-bond donors (Lipinski definition) is 23. The number of carbonyl (C=O) groups excluding carboxylic acids is 10. The van der Waals surface area contributed by atoms with E-state index in [1.54, 1.807) is 0 Å². The molecule has 5 saturated heterocycles. The maximum atomic E-state index is 14.2. The molecular weight excluding hydrogens is 1380 g/mol. The van der Waals surface area contributed by atoms with Crippen molar-refractivity contribution in [2.24, 2.45) is 0 Å². The first-order valence-electron chi connectivity index (χ1n) is 33.0. The van der Waals surface area contributed by atoms with Crippen LogP contribution in [0, 0.1) is 0 Å². The lowest BCUT2D eigenvalue weighted by Gasteiger charge is -2.39. The Morgan fingerprint density at radius 3 is 1.04 bits per heavy atom. The number of nitrogens with one attached hydrogen (secondary N) is 7. The van der Waals surface area contributed by atoms with Gasteiger partial charge in [-0.25, -0.2) is 4.79 Å². The molecule has 44 heteroatoms. The molecule has 9 amide bonds. The van der Waals surface area contributed by atoms with Gasteiger partial charge < -0.3 is 162 Å². The third-order valence-corrected chi connectivity index (χ3v) is 16.5. The molecule has 5 fully saturated rings. The van der Waals surface area contributed by atoms with Crippen LogP contribution in [0.3, 0.4) is 0 Å². The van der Waals surface area contributed by atoms with Crippen LogP contribution in [0.4, 0.5) is 0 Å². The number of carbonyl (C=O) groups is 10. The highest BCUT2D eigenvalue weighted by Crippen LogP contribution is 2.26. The molecule has 0 aromatic heterocycles. The zero-order valence-corrected chi connectivity index (χ0v) is 55.4. The van der Waals surface area contributed by atoms with Crippen molar-refractivity contribution in [2.45, 2.75) is 199 Å². The van der Waals surface area contributed by atoms with E-state index in [9.17, 15) is 130 Å². The van der Waals surface area contributed by atoms with Crippen molar-refractivity contribution in [1.29, 1.82) is 0 Å². The lowest BCUT2D eigenvalue weighted by atomic mass is 9.99. The van der Waals surface area contributed by atoms with Gasteiger partial charge in [-0.15, -0.1) is 5.06 Å². The Morgan fingerprint density at radius 1 is 0.392 bits per heavy atom. The summed E-state index contributed by atoms with van der Waals surface area (Å²) >= 11 is 0. The molecule has 102 heavy (non-hydrogen) atoms. The largest absolute Gasteiger partial charge is 0.394 e. The number of amides is 9. The molecule has 44 nitrogen and oxygen atoms in total. The van der Waals surface area contributed by atoms with Gasteiger partial charge in [0, 0.05) is 64.8 Å². The van der Waals surface area contributed by atoms with E-state index in [2.05, 4.69) is 37.2 Å². The van der Waals surface area contributed by atoms with E-state index >= 15 is 0 Å². The summed E-state index contributed by atoms with van der Waals surface area (Å²) in [5.74, 6) is -8.66. The summed E-state index contributed by atoms with van der Waals surface area (Å²) in [4.78, 5) is 138. The van der Waals surface area contributed by atoms with Gasteiger partial charge in [-0.3, -0.25) is 48.1 Å². The van der Waals surface area contributed by atoms with Crippen molar-refractivity contribution in [3.63, 3.8) is 0 Å². The Balaban J connectivity index is 1.29. The fourth-order valence-corrected chi connectivity index (χ4v) is 10.7. The predicted molar refractivity (Wildman–Crippen MR) is 328 cm³/mol. The Kier molecular flexibility index (Phi) is 37.3. The van der Waals surface area contributed by atoms with Gasteiger partial charge in [0.15, 0.2) is 25.2 Å². The lowest BCUT2D eigenvalue weighted by Crippen LogP contribution is -2.59. The maximum Gasteiger partial charge on any atom is 0.333 e. The predicted octanol–water partition coefficient (Wildman–Crippen LogP) is -15.2. The summed E-state index contributed by atoms with van der Waals surface area (Å²) in [5, 5.41) is 178. The van der Waals surface area contributed by atoms with E-state index in [0.29, 0.717) is 11.5 Å². The number of aliphatic hydroxyl groups excluding tert-OH is 16. The van der Waals surface area contributed by atoms with Gasteiger partial charge in [0.2, 0.25) is 41.4 Å². The van der Waals surface area contributed by atoms with Gasteiger partial charge in [-0.2, -0.15) is 0 Å². The minimum absolute atomic E-state index is 0.0578. The number of aliphatic hydroxyl groups is 16. The molecule has 0 saturated carbocycles. The lowest BCUT2D eigenvalue weighted by molar-refractivity contribution is -0.300. The second-order valence-electron chi connectivity index (χ2n) is 24.2. The van der Waals surface area contributed by atoms with Crippen molar-refractivity contribution in [3.05, 3.63) is 0 Å². The smallest absolute Gasteiger partial charge is 0.333 e.